The molecular weight excluding hydrogens is 268 g/mol. The third-order valence-electron chi connectivity index (χ3n) is 3.30. The summed E-state index contributed by atoms with van der Waals surface area (Å²) in [5.41, 5.74) is -0.164. The van der Waals surface area contributed by atoms with E-state index in [1.54, 1.807) is 11.8 Å². The van der Waals surface area contributed by atoms with E-state index in [9.17, 15) is 14.9 Å². The van der Waals surface area contributed by atoms with Crippen molar-refractivity contribution in [1.29, 1.82) is 0 Å². The molecule has 0 aliphatic heterocycles. The Morgan fingerprint density at radius 3 is 2.74 bits per heavy atom. The molecule has 0 saturated heterocycles. The number of para-hydroxylation sites is 1. The normalized spacial score (nSPS) is 15.8. The maximum Gasteiger partial charge on any atom is 0.338 e. The zero-order valence-electron chi connectivity index (χ0n) is 10.4. The lowest BCUT2D eigenvalue weighted by Gasteiger charge is -2.15. The average molecular weight is 282 g/mol. The summed E-state index contributed by atoms with van der Waals surface area (Å²) in [4.78, 5) is 21.6. The number of hydrogen-bond acceptors (Lipinski definition) is 5. The van der Waals surface area contributed by atoms with Gasteiger partial charge >= 0.3 is 5.97 Å². The van der Waals surface area contributed by atoms with E-state index in [1.807, 2.05) is 6.26 Å². The van der Waals surface area contributed by atoms with Gasteiger partial charge in [-0.2, -0.15) is 11.8 Å². The zero-order valence-corrected chi connectivity index (χ0v) is 11.2. The average Bonchev–Trinajstić information content (AvgIpc) is 3.16. The van der Waals surface area contributed by atoms with Gasteiger partial charge in [-0.1, -0.05) is 6.07 Å². The van der Waals surface area contributed by atoms with Gasteiger partial charge in [-0.05, 0) is 25.2 Å². The van der Waals surface area contributed by atoms with E-state index in [2.05, 4.69) is 5.32 Å². The molecule has 2 N–H and O–H groups in total. The lowest BCUT2D eigenvalue weighted by molar-refractivity contribution is -0.384. The number of hydrogen-bond donors (Lipinski definition) is 2. The Morgan fingerprint density at radius 1 is 1.58 bits per heavy atom. The molecule has 1 fully saturated rings. The molecule has 1 aliphatic rings. The summed E-state index contributed by atoms with van der Waals surface area (Å²) < 4.78 is 0.0967. The topological polar surface area (TPSA) is 92.5 Å². The number of carboxylic acids is 1. The molecule has 102 valence electrons. The maximum absolute atomic E-state index is 11.1. The van der Waals surface area contributed by atoms with Crippen molar-refractivity contribution in [3.05, 3.63) is 33.9 Å². The Balaban J connectivity index is 2.30. The number of nitrogens with one attached hydrogen (secondary N) is 1. The molecule has 0 atom stereocenters. The molecule has 6 nitrogen and oxygen atoms in total. The fourth-order valence-corrected chi connectivity index (χ4v) is 2.63. The van der Waals surface area contributed by atoms with Crippen LogP contribution in [0.1, 0.15) is 23.2 Å². The van der Waals surface area contributed by atoms with Gasteiger partial charge in [-0.15, -0.1) is 0 Å². The standard InChI is InChI=1S/C12H14N2O4S/c1-19-12(5-6-12)7-13-10-8(11(15)16)3-2-4-9(10)14(17)18/h2-4,13H,5-7H2,1H3,(H,15,16). The fraction of sp³-hybridized carbons (Fsp3) is 0.417. The van der Waals surface area contributed by atoms with Crippen LogP contribution in [0.4, 0.5) is 11.4 Å². The number of nitro benzene ring substituents is 1. The molecule has 2 rings (SSSR count). The summed E-state index contributed by atoms with van der Waals surface area (Å²) in [6, 6.07) is 4.07. The van der Waals surface area contributed by atoms with Crippen LogP contribution in [0, 0.1) is 10.1 Å². The lowest BCUT2D eigenvalue weighted by Crippen LogP contribution is -2.19. The van der Waals surface area contributed by atoms with E-state index >= 15 is 0 Å². The van der Waals surface area contributed by atoms with E-state index < -0.39 is 10.9 Å². The monoisotopic (exact) mass is 282 g/mol. The van der Waals surface area contributed by atoms with Gasteiger partial charge in [0, 0.05) is 17.4 Å². The minimum Gasteiger partial charge on any atom is -0.478 e. The second-order valence-corrected chi connectivity index (χ2v) is 5.78. The van der Waals surface area contributed by atoms with Gasteiger partial charge in [0.1, 0.15) is 5.69 Å². The Labute approximate surface area is 114 Å². The third kappa shape index (κ3) is 2.81. The molecule has 0 radical (unpaired) electrons. The number of anilines is 1. The summed E-state index contributed by atoms with van der Waals surface area (Å²) >= 11 is 1.71. The van der Waals surface area contributed by atoms with Crippen LogP contribution < -0.4 is 5.32 Å². The van der Waals surface area contributed by atoms with Gasteiger partial charge in [-0.25, -0.2) is 4.79 Å². The molecular formula is C12H14N2O4S. The van der Waals surface area contributed by atoms with Gasteiger partial charge in [-0.3, -0.25) is 10.1 Å². The highest BCUT2D eigenvalue weighted by Gasteiger charge is 2.42. The van der Waals surface area contributed by atoms with Crippen LogP contribution in [0.3, 0.4) is 0 Å². The molecule has 0 spiro atoms. The second kappa shape index (κ2) is 5.08. The van der Waals surface area contributed by atoms with Crippen LogP contribution >= 0.6 is 11.8 Å². The van der Waals surface area contributed by atoms with Crippen molar-refractivity contribution >= 4 is 29.1 Å². The third-order valence-corrected chi connectivity index (χ3v) is 4.72. The van der Waals surface area contributed by atoms with Crippen LogP contribution in [0.2, 0.25) is 0 Å². The van der Waals surface area contributed by atoms with Crippen molar-refractivity contribution in [2.24, 2.45) is 0 Å². The first-order valence-corrected chi connectivity index (χ1v) is 7.01. The fourth-order valence-electron chi connectivity index (χ4n) is 1.90. The Hall–Kier alpha value is -1.76. The number of carboxylic acid groups (broad SMARTS) is 1. The summed E-state index contributed by atoms with van der Waals surface area (Å²) in [7, 11) is 0. The van der Waals surface area contributed by atoms with Crippen LogP contribution in [0.15, 0.2) is 18.2 Å². The minimum absolute atomic E-state index is 0.0638. The molecule has 19 heavy (non-hydrogen) atoms. The summed E-state index contributed by atoms with van der Waals surface area (Å²) in [5, 5.41) is 23.0. The van der Waals surface area contributed by atoms with Gasteiger partial charge in [0.2, 0.25) is 0 Å². The first kappa shape index (κ1) is 13.7. The highest BCUT2D eigenvalue weighted by molar-refractivity contribution is 8.00. The number of carbonyl (C=O) groups is 1. The summed E-state index contributed by atoms with van der Waals surface area (Å²) in [6.45, 7) is 0.541. The van der Waals surface area contributed by atoms with Crippen LogP contribution in [0.5, 0.6) is 0 Å². The molecule has 7 heteroatoms. The quantitative estimate of drug-likeness (QED) is 0.615. The van der Waals surface area contributed by atoms with Crippen molar-refractivity contribution in [2.45, 2.75) is 17.6 Å². The Bertz CT molecular complexity index is 496. The summed E-state index contributed by atoms with van der Waals surface area (Å²) in [6.07, 6.45) is 4.08. The predicted octanol–water partition coefficient (Wildman–Crippen LogP) is 2.60. The Kier molecular flexibility index (Phi) is 3.66. The minimum atomic E-state index is -1.17. The predicted molar refractivity (Wildman–Crippen MR) is 74.0 cm³/mol. The number of nitro groups is 1. The molecule has 0 amide bonds. The van der Waals surface area contributed by atoms with E-state index in [0.717, 1.165) is 12.8 Å². The van der Waals surface area contributed by atoms with Gasteiger partial charge in [0.15, 0.2) is 0 Å². The summed E-state index contributed by atoms with van der Waals surface area (Å²) in [5.74, 6) is -1.17. The first-order valence-electron chi connectivity index (χ1n) is 5.79. The zero-order chi connectivity index (χ0) is 14.0. The van der Waals surface area contributed by atoms with Crippen LogP contribution in [0.25, 0.3) is 0 Å². The van der Waals surface area contributed by atoms with Crippen molar-refractivity contribution in [3.63, 3.8) is 0 Å². The van der Waals surface area contributed by atoms with Gasteiger partial charge in [0.25, 0.3) is 5.69 Å². The van der Waals surface area contributed by atoms with Gasteiger partial charge in [0.05, 0.1) is 10.5 Å². The molecule has 0 unspecified atom stereocenters. The maximum atomic E-state index is 11.1. The molecule has 0 heterocycles. The molecule has 1 saturated carbocycles. The largest absolute Gasteiger partial charge is 0.478 e. The second-order valence-electron chi connectivity index (χ2n) is 4.50. The smallest absolute Gasteiger partial charge is 0.338 e. The van der Waals surface area contributed by atoms with Crippen molar-refractivity contribution in [3.8, 4) is 0 Å². The molecule has 0 bridgehead atoms. The SMILES string of the molecule is CSC1(CNc2c(C(=O)O)cccc2[N+](=O)[O-])CC1. The lowest BCUT2D eigenvalue weighted by atomic mass is 10.1. The molecule has 1 aromatic carbocycles. The highest BCUT2D eigenvalue weighted by Crippen LogP contribution is 2.47. The van der Waals surface area contributed by atoms with Crippen molar-refractivity contribution in [2.75, 3.05) is 18.1 Å². The number of aromatic carboxylic acids is 1. The first-order chi connectivity index (χ1) is 8.99. The molecule has 1 aromatic rings. The molecule has 1 aliphatic carbocycles. The van der Waals surface area contributed by atoms with Crippen LogP contribution in [-0.2, 0) is 0 Å². The van der Waals surface area contributed by atoms with E-state index in [4.69, 9.17) is 5.11 Å². The molecule has 0 aromatic heterocycles. The van der Waals surface area contributed by atoms with E-state index in [-0.39, 0.29) is 21.7 Å². The number of nitrogens with zero attached hydrogens (tertiary/aromatic N) is 1. The number of benzene rings is 1. The van der Waals surface area contributed by atoms with E-state index in [1.165, 1.54) is 18.2 Å². The number of thioether (sulfide) groups is 1. The number of rotatable bonds is 6. The van der Waals surface area contributed by atoms with Crippen molar-refractivity contribution < 1.29 is 14.8 Å². The van der Waals surface area contributed by atoms with Crippen molar-refractivity contribution in [1.82, 2.24) is 0 Å². The van der Waals surface area contributed by atoms with Gasteiger partial charge < -0.3 is 10.4 Å². The van der Waals surface area contributed by atoms with Crippen LogP contribution in [-0.4, -0.2) is 33.5 Å². The Morgan fingerprint density at radius 2 is 2.26 bits per heavy atom. The van der Waals surface area contributed by atoms with E-state index in [0.29, 0.717) is 6.54 Å². The highest BCUT2D eigenvalue weighted by atomic mass is 32.2.